The van der Waals surface area contributed by atoms with Crippen LogP contribution < -0.4 is 5.73 Å². The molecular weight excluding hydrogens is 236 g/mol. The number of hydrogen-bond acceptors (Lipinski definition) is 3. The van der Waals surface area contributed by atoms with Gasteiger partial charge in [-0.15, -0.1) is 10.2 Å². The molecule has 3 rings (SSSR count). The smallest absolute Gasteiger partial charge is 0.179 e. The summed E-state index contributed by atoms with van der Waals surface area (Å²) in [5.41, 5.74) is 8.08. The molecule has 0 amide bonds. The Balaban J connectivity index is 2.33. The maximum absolute atomic E-state index is 6.04. The van der Waals surface area contributed by atoms with Crippen molar-refractivity contribution in [1.82, 2.24) is 14.6 Å². The van der Waals surface area contributed by atoms with E-state index in [0.717, 1.165) is 5.56 Å². The molecule has 0 aliphatic rings. The first kappa shape index (κ1) is 10.1. The van der Waals surface area contributed by atoms with E-state index in [0.29, 0.717) is 22.2 Å². The molecule has 0 atom stereocenters. The van der Waals surface area contributed by atoms with Crippen LogP contribution in [-0.4, -0.2) is 14.6 Å². The monoisotopic (exact) mass is 244 g/mol. The standard InChI is InChI=1S/C12H9ClN4/c13-9-5-3-7-17-11(15-16-12(9)17)8-4-1-2-6-10(8)14/h1-7H,14H2. The molecule has 0 bridgehead atoms. The van der Waals surface area contributed by atoms with Gasteiger partial charge in [0, 0.05) is 17.4 Å². The Bertz CT molecular complexity index is 690. The molecule has 5 heteroatoms. The molecule has 0 aliphatic carbocycles. The molecule has 84 valence electrons. The summed E-state index contributed by atoms with van der Waals surface area (Å²) < 4.78 is 1.83. The predicted octanol–water partition coefficient (Wildman–Crippen LogP) is 2.63. The zero-order valence-corrected chi connectivity index (χ0v) is 9.59. The fourth-order valence-corrected chi connectivity index (χ4v) is 1.97. The van der Waals surface area contributed by atoms with Gasteiger partial charge in [-0.05, 0) is 24.3 Å². The molecule has 0 aliphatic heterocycles. The number of nitrogens with zero attached hydrogens (tertiary/aromatic N) is 3. The molecule has 0 radical (unpaired) electrons. The van der Waals surface area contributed by atoms with Crippen LogP contribution in [0.15, 0.2) is 42.6 Å². The molecule has 17 heavy (non-hydrogen) atoms. The second kappa shape index (κ2) is 3.75. The molecule has 3 aromatic rings. The Kier molecular flexibility index (Phi) is 2.23. The van der Waals surface area contributed by atoms with Gasteiger partial charge in [0.1, 0.15) is 0 Å². The van der Waals surface area contributed by atoms with E-state index in [1.165, 1.54) is 0 Å². The second-order valence-electron chi connectivity index (χ2n) is 3.66. The van der Waals surface area contributed by atoms with Gasteiger partial charge in [0.25, 0.3) is 0 Å². The molecule has 0 fully saturated rings. The lowest BCUT2D eigenvalue weighted by Crippen LogP contribution is -1.94. The third kappa shape index (κ3) is 1.54. The van der Waals surface area contributed by atoms with Gasteiger partial charge in [0.2, 0.25) is 0 Å². The number of fused-ring (bicyclic) bond motifs is 1. The molecule has 0 unspecified atom stereocenters. The minimum absolute atomic E-state index is 0.570. The quantitative estimate of drug-likeness (QED) is 0.670. The van der Waals surface area contributed by atoms with E-state index in [4.69, 9.17) is 17.3 Å². The predicted molar refractivity (Wildman–Crippen MR) is 67.8 cm³/mol. The highest BCUT2D eigenvalue weighted by Crippen LogP contribution is 2.26. The zero-order chi connectivity index (χ0) is 11.8. The first-order valence-electron chi connectivity index (χ1n) is 5.11. The van der Waals surface area contributed by atoms with Crippen LogP contribution in [0.2, 0.25) is 5.02 Å². The molecule has 0 saturated carbocycles. The normalized spacial score (nSPS) is 10.9. The summed E-state index contributed by atoms with van der Waals surface area (Å²) in [6.45, 7) is 0. The summed E-state index contributed by atoms with van der Waals surface area (Å²) in [6, 6.07) is 11.2. The van der Waals surface area contributed by atoms with E-state index >= 15 is 0 Å². The van der Waals surface area contributed by atoms with Gasteiger partial charge >= 0.3 is 0 Å². The minimum Gasteiger partial charge on any atom is -0.398 e. The third-order valence-electron chi connectivity index (χ3n) is 2.59. The van der Waals surface area contributed by atoms with Crippen molar-refractivity contribution in [1.29, 1.82) is 0 Å². The Morgan fingerprint density at radius 3 is 2.71 bits per heavy atom. The topological polar surface area (TPSA) is 56.2 Å². The van der Waals surface area contributed by atoms with Crippen molar-refractivity contribution in [2.75, 3.05) is 5.73 Å². The minimum atomic E-state index is 0.570. The first-order valence-corrected chi connectivity index (χ1v) is 5.49. The van der Waals surface area contributed by atoms with E-state index in [9.17, 15) is 0 Å². The molecule has 4 nitrogen and oxygen atoms in total. The van der Waals surface area contributed by atoms with Crippen LogP contribution in [0.5, 0.6) is 0 Å². The summed E-state index contributed by atoms with van der Waals surface area (Å²) in [6.07, 6.45) is 1.86. The number of anilines is 1. The van der Waals surface area contributed by atoms with E-state index < -0.39 is 0 Å². The molecule has 0 saturated heterocycles. The number of aromatic nitrogens is 3. The molecule has 0 spiro atoms. The van der Waals surface area contributed by atoms with Crippen LogP contribution in [-0.2, 0) is 0 Å². The van der Waals surface area contributed by atoms with Crippen LogP contribution >= 0.6 is 11.6 Å². The number of nitrogens with two attached hydrogens (primary N) is 1. The Hall–Kier alpha value is -2.07. The molecule has 2 heterocycles. The van der Waals surface area contributed by atoms with E-state index in [1.807, 2.05) is 40.9 Å². The largest absolute Gasteiger partial charge is 0.398 e. The summed E-state index contributed by atoms with van der Waals surface area (Å²) in [5, 5.41) is 8.77. The van der Waals surface area contributed by atoms with Gasteiger partial charge in [-0.25, -0.2) is 0 Å². The van der Waals surface area contributed by atoms with E-state index in [1.54, 1.807) is 6.07 Å². The van der Waals surface area contributed by atoms with Gasteiger partial charge in [-0.3, -0.25) is 4.40 Å². The zero-order valence-electron chi connectivity index (χ0n) is 8.84. The van der Waals surface area contributed by atoms with Crippen LogP contribution in [0.1, 0.15) is 0 Å². The summed E-state index contributed by atoms with van der Waals surface area (Å²) in [5.74, 6) is 0.695. The van der Waals surface area contributed by atoms with Crippen LogP contribution in [0.4, 0.5) is 5.69 Å². The summed E-state index contributed by atoms with van der Waals surface area (Å²) in [7, 11) is 0. The summed E-state index contributed by atoms with van der Waals surface area (Å²) in [4.78, 5) is 0. The Morgan fingerprint density at radius 1 is 1.06 bits per heavy atom. The fourth-order valence-electron chi connectivity index (χ4n) is 1.77. The number of para-hydroxylation sites is 1. The molecule has 2 N–H and O–H groups in total. The van der Waals surface area contributed by atoms with Crippen molar-refractivity contribution in [3.05, 3.63) is 47.6 Å². The van der Waals surface area contributed by atoms with Crippen molar-refractivity contribution in [3.8, 4) is 11.4 Å². The lowest BCUT2D eigenvalue weighted by molar-refractivity contribution is 1.11. The van der Waals surface area contributed by atoms with Crippen molar-refractivity contribution >= 4 is 22.9 Å². The van der Waals surface area contributed by atoms with Crippen molar-refractivity contribution in [2.45, 2.75) is 0 Å². The second-order valence-corrected chi connectivity index (χ2v) is 4.07. The van der Waals surface area contributed by atoms with Crippen LogP contribution in [0, 0.1) is 0 Å². The highest BCUT2D eigenvalue weighted by atomic mass is 35.5. The highest BCUT2D eigenvalue weighted by molar-refractivity contribution is 6.33. The Labute approximate surface area is 103 Å². The fraction of sp³-hybridized carbons (Fsp3) is 0. The van der Waals surface area contributed by atoms with E-state index in [2.05, 4.69) is 10.2 Å². The molecule has 1 aromatic carbocycles. The van der Waals surface area contributed by atoms with Gasteiger partial charge in [0.05, 0.1) is 5.02 Å². The maximum atomic E-state index is 6.04. The van der Waals surface area contributed by atoms with Gasteiger partial charge in [-0.2, -0.15) is 0 Å². The average Bonchev–Trinajstić information content (AvgIpc) is 2.75. The maximum Gasteiger partial charge on any atom is 0.179 e. The third-order valence-corrected chi connectivity index (χ3v) is 2.88. The first-order chi connectivity index (χ1) is 8.27. The number of benzene rings is 1. The number of pyridine rings is 1. The van der Waals surface area contributed by atoms with E-state index in [-0.39, 0.29) is 0 Å². The number of halogens is 1. The Morgan fingerprint density at radius 2 is 1.88 bits per heavy atom. The SMILES string of the molecule is Nc1ccccc1-c1nnc2c(Cl)cccn12. The number of rotatable bonds is 1. The number of hydrogen-bond donors (Lipinski definition) is 1. The highest BCUT2D eigenvalue weighted by Gasteiger charge is 2.11. The van der Waals surface area contributed by atoms with Crippen LogP contribution in [0.25, 0.3) is 17.0 Å². The van der Waals surface area contributed by atoms with Crippen molar-refractivity contribution in [2.24, 2.45) is 0 Å². The van der Waals surface area contributed by atoms with Crippen molar-refractivity contribution < 1.29 is 0 Å². The number of nitrogen functional groups attached to an aromatic ring is 1. The van der Waals surface area contributed by atoms with Crippen molar-refractivity contribution in [3.63, 3.8) is 0 Å². The van der Waals surface area contributed by atoms with Gasteiger partial charge < -0.3 is 5.73 Å². The van der Waals surface area contributed by atoms with Crippen LogP contribution in [0.3, 0.4) is 0 Å². The molecular formula is C12H9ClN4. The lowest BCUT2D eigenvalue weighted by Gasteiger charge is -2.03. The van der Waals surface area contributed by atoms with Gasteiger partial charge in [0.15, 0.2) is 11.5 Å². The lowest BCUT2D eigenvalue weighted by atomic mass is 10.2. The molecule has 2 aromatic heterocycles. The van der Waals surface area contributed by atoms with Gasteiger partial charge in [-0.1, -0.05) is 23.7 Å². The average molecular weight is 245 g/mol. The summed E-state index contributed by atoms with van der Waals surface area (Å²) >= 11 is 6.04.